The van der Waals surface area contributed by atoms with E-state index in [1.54, 1.807) is 51.1 Å². The summed E-state index contributed by atoms with van der Waals surface area (Å²) in [7, 11) is 0. The second-order valence-electron chi connectivity index (χ2n) is 10.9. The topological polar surface area (TPSA) is 149 Å². The van der Waals surface area contributed by atoms with Crippen LogP contribution < -0.4 is 16.4 Å². The normalized spacial score (nSPS) is 16.5. The number of carbonyl (C=O) groups is 4. The molecule has 4 N–H and O–H groups in total. The highest BCUT2D eigenvalue weighted by Gasteiger charge is 2.38. The van der Waals surface area contributed by atoms with Crippen LogP contribution in [0.1, 0.15) is 49.7 Å². The summed E-state index contributed by atoms with van der Waals surface area (Å²) in [6.45, 7) is 4.58. The number of amides is 4. The summed E-state index contributed by atoms with van der Waals surface area (Å²) < 4.78 is 21.0. The van der Waals surface area contributed by atoms with E-state index in [2.05, 4.69) is 15.7 Å². The third kappa shape index (κ3) is 7.31. The Morgan fingerprint density at radius 3 is 2.54 bits per heavy atom. The van der Waals surface area contributed by atoms with Crippen LogP contribution in [-0.4, -0.2) is 62.7 Å². The number of halogens is 2. The lowest BCUT2D eigenvalue weighted by atomic mass is 9.85. The molecule has 0 atom stereocenters. The largest absolute Gasteiger partial charge is 0.444 e. The SMILES string of the molecule is CC(C)(C)OC(=O)N[C@H]1C[C@@H](N(CC(=O)NCc2cccc(Cl)c2F)C(=O)Cn2nc(C(N)=O)c3ccccc32)C1. The lowest BCUT2D eigenvalue weighted by Crippen LogP contribution is -2.58. The van der Waals surface area contributed by atoms with Gasteiger partial charge in [0.1, 0.15) is 18.0 Å². The zero-order valence-electron chi connectivity index (χ0n) is 22.9. The van der Waals surface area contributed by atoms with Crippen LogP contribution in [0.2, 0.25) is 5.02 Å². The number of aromatic nitrogens is 2. The van der Waals surface area contributed by atoms with Crippen LogP contribution in [0.25, 0.3) is 10.9 Å². The molecule has 13 heteroatoms. The number of hydrogen-bond donors (Lipinski definition) is 3. The second-order valence-corrected chi connectivity index (χ2v) is 11.3. The number of fused-ring (bicyclic) bond motifs is 1. The van der Waals surface area contributed by atoms with Crippen molar-refractivity contribution in [3.63, 3.8) is 0 Å². The van der Waals surface area contributed by atoms with Crippen LogP contribution in [0.4, 0.5) is 9.18 Å². The summed E-state index contributed by atoms with van der Waals surface area (Å²) >= 11 is 5.83. The first-order chi connectivity index (χ1) is 19.3. The smallest absolute Gasteiger partial charge is 0.407 e. The van der Waals surface area contributed by atoms with Crippen LogP contribution in [0, 0.1) is 5.82 Å². The molecule has 11 nitrogen and oxygen atoms in total. The Kier molecular flexibility index (Phi) is 8.81. The van der Waals surface area contributed by atoms with Gasteiger partial charge in [0.05, 0.1) is 17.1 Å². The fraction of sp³-hybridized carbons (Fsp3) is 0.393. The first kappa shape index (κ1) is 29.8. The van der Waals surface area contributed by atoms with Gasteiger partial charge in [0.2, 0.25) is 11.8 Å². The lowest BCUT2D eigenvalue weighted by Gasteiger charge is -2.42. The summed E-state index contributed by atoms with van der Waals surface area (Å²) in [5.74, 6) is -2.30. The van der Waals surface area contributed by atoms with Gasteiger partial charge in [-0.25, -0.2) is 9.18 Å². The first-order valence-electron chi connectivity index (χ1n) is 13.1. The number of para-hydroxylation sites is 1. The van der Waals surface area contributed by atoms with Crippen molar-refractivity contribution in [2.75, 3.05) is 6.54 Å². The van der Waals surface area contributed by atoms with E-state index in [0.717, 1.165) is 0 Å². The molecule has 0 aliphatic heterocycles. The van der Waals surface area contributed by atoms with Gasteiger partial charge in [0.15, 0.2) is 5.69 Å². The molecule has 0 saturated heterocycles. The highest BCUT2D eigenvalue weighted by Crippen LogP contribution is 2.27. The van der Waals surface area contributed by atoms with E-state index in [1.165, 1.54) is 21.7 Å². The zero-order valence-corrected chi connectivity index (χ0v) is 23.7. The van der Waals surface area contributed by atoms with Gasteiger partial charge in [-0.3, -0.25) is 19.1 Å². The fourth-order valence-corrected chi connectivity index (χ4v) is 4.79. The van der Waals surface area contributed by atoms with Crippen LogP contribution >= 0.6 is 11.6 Å². The van der Waals surface area contributed by atoms with E-state index >= 15 is 0 Å². The molecule has 0 spiro atoms. The standard InChI is InChI=1S/C28H32ClFN6O5/c1-28(2,3)41-27(40)33-17-11-18(12-17)35(14-22(37)32-13-16-7-6-9-20(29)24(16)30)23(38)15-36-21-10-5-4-8-19(21)25(34-36)26(31)39/h4-10,17-18H,11-15H2,1-3H3,(H2,31,39)(H,32,37)(H,33,40)/t17-,18+. The van der Waals surface area contributed by atoms with Gasteiger partial charge >= 0.3 is 6.09 Å². The molecule has 1 aromatic heterocycles. The van der Waals surface area contributed by atoms with Gasteiger partial charge in [0, 0.05) is 29.6 Å². The number of hydrogen-bond acceptors (Lipinski definition) is 6. The van der Waals surface area contributed by atoms with Crippen LogP contribution in [0.15, 0.2) is 42.5 Å². The summed E-state index contributed by atoms with van der Waals surface area (Å²) in [5, 5.41) is 10.1. The second kappa shape index (κ2) is 12.1. The number of nitrogens with zero attached hydrogens (tertiary/aromatic N) is 3. The van der Waals surface area contributed by atoms with Crippen LogP contribution in [0.3, 0.4) is 0 Å². The average Bonchev–Trinajstić information content (AvgIpc) is 3.23. The van der Waals surface area contributed by atoms with E-state index in [9.17, 15) is 23.6 Å². The monoisotopic (exact) mass is 586 g/mol. The molecule has 0 unspecified atom stereocenters. The van der Waals surface area contributed by atoms with Gasteiger partial charge in [-0.1, -0.05) is 41.9 Å². The minimum Gasteiger partial charge on any atom is -0.444 e. The van der Waals surface area contributed by atoms with Crippen molar-refractivity contribution in [3.8, 4) is 0 Å². The Balaban J connectivity index is 1.48. The Morgan fingerprint density at radius 2 is 1.85 bits per heavy atom. The van der Waals surface area contributed by atoms with Crippen molar-refractivity contribution in [1.29, 1.82) is 0 Å². The van der Waals surface area contributed by atoms with Crippen molar-refractivity contribution >= 4 is 46.3 Å². The first-order valence-corrected chi connectivity index (χ1v) is 13.4. The molecule has 218 valence electrons. The van der Waals surface area contributed by atoms with E-state index < -0.39 is 35.2 Å². The molecule has 4 rings (SSSR count). The van der Waals surface area contributed by atoms with Gasteiger partial charge in [-0.2, -0.15) is 5.10 Å². The summed E-state index contributed by atoms with van der Waals surface area (Å²) in [5.41, 5.74) is 5.59. The predicted molar refractivity (Wildman–Crippen MR) is 149 cm³/mol. The minimum absolute atomic E-state index is 0.0338. The zero-order chi connectivity index (χ0) is 29.9. The van der Waals surface area contributed by atoms with Crippen molar-refractivity contribution in [1.82, 2.24) is 25.3 Å². The number of nitrogens with two attached hydrogens (primary N) is 1. The molecule has 1 aliphatic carbocycles. The molecule has 1 fully saturated rings. The average molecular weight is 587 g/mol. The number of benzene rings is 2. The van der Waals surface area contributed by atoms with Gasteiger partial charge in [-0.15, -0.1) is 0 Å². The van der Waals surface area contributed by atoms with Gasteiger partial charge < -0.3 is 26.0 Å². The molecule has 0 bridgehead atoms. The summed E-state index contributed by atoms with van der Waals surface area (Å²) in [6, 6.07) is 10.7. The number of nitrogens with one attached hydrogen (secondary N) is 2. The van der Waals surface area contributed by atoms with E-state index in [0.29, 0.717) is 23.7 Å². The van der Waals surface area contributed by atoms with Crippen molar-refractivity contribution in [3.05, 3.63) is 64.6 Å². The van der Waals surface area contributed by atoms with Crippen LogP contribution in [0.5, 0.6) is 0 Å². The Labute approximate surface area is 241 Å². The Hall–Kier alpha value is -4.19. The quantitative estimate of drug-likeness (QED) is 0.351. The van der Waals surface area contributed by atoms with Crippen molar-refractivity contribution < 1.29 is 28.3 Å². The maximum atomic E-state index is 14.3. The molecular formula is C28H32ClFN6O5. The van der Waals surface area contributed by atoms with Crippen molar-refractivity contribution in [2.45, 2.75) is 64.4 Å². The molecule has 0 radical (unpaired) electrons. The van der Waals surface area contributed by atoms with E-state index in [-0.39, 0.29) is 48.0 Å². The number of rotatable bonds is 9. The highest BCUT2D eigenvalue weighted by atomic mass is 35.5. The van der Waals surface area contributed by atoms with Crippen molar-refractivity contribution in [2.24, 2.45) is 5.73 Å². The molecule has 2 aromatic carbocycles. The number of ether oxygens (including phenoxy) is 1. The molecule has 1 saturated carbocycles. The third-order valence-electron chi connectivity index (χ3n) is 6.59. The highest BCUT2D eigenvalue weighted by molar-refractivity contribution is 6.30. The van der Waals surface area contributed by atoms with Gasteiger partial charge in [-0.05, 0) is 45.7 Å². The summed E-state index contributed by atoms with van der Waals surface area (Å²) in [4.78, 5) is 52.0. The molecule has 3 aromatic rings. The molecule has 41 heavy (non-hydrogen) atoms. The maximum Gasteiger partial charge on any atom is 0.407 e. The van der Waals surface area contributed by atoms with Crippen LogP contribution in [-0.2, 0) is 27.4 Å². The Morgan fingerprint density at radius 1 is 1.15 bits per heavy atom. The molecule has 4 amide bonds. The molecule has 1 heterocycles. The summed E-state index contributed by atoms with van der Waals surface area (Å²) in [6.07, 6.45) is 0.225. The fourth-order valence-electron chi connectivity index (χ4n) is 4.59. The minimum atomic E-state index is -0.730. The third-order valence-corrected chi connectivity index (χ3v) is 6.88. The number of carbonyl (C=O) groups excluding carboxylic acids is 4. The predicted octanol–water partition coefficient (Wildman–Crippen LogP) is 3.13. The molecular weight excluding hydrogens is 555 g/mol. The number of primary amides is 1. The van der Waals surface area contributed by atoms with E-state index in [1.807, 2.05) is 0 Å². The lowest BCUT2D eigenvalue weighted by molar-refractivity contribution is -0.141. The van der Waals surface area contributed by atoms with E-state index in [4.69, 9.17) is 22.1 Å². The Bertz CT molecular complexity index is 1480. The maximum absolute atomic E-state index is 14.3. The molecule has 1 aliphatic rings. The van der Waals surface area contributed by atoms with Gasteiger partial charge in [0.25, 0.3) is 5.91 Å². The number of alkyl carbamates (subject to hydrolysis) is 1.